The molecule has 0 spiro atoms. The number of rotatable bonds is 7. The predicted molar refractivity (Wildman–Crippen MR) is 161 cm³/mol. The number of nitrogens with zero attached hydrogens (tertiary/aromatic N) is 2. The largest absolute Gasteiger partial charge is 0.497 e. The van der Waals surface area contributed by atoms with E-state index in [1.807, 2.05) is 67.7 Å². The first kappa shape index (κ1) is 26.0. The van der Waals surface area contributed by atoms with Crippen LogP contribution >= 0.6 is 0 Å². The van der Waals surface area contributed by atoms with Crippen LogP contribution < -0.4 is 9.04 Å². The highest BCUT2D eigenvalue weighted by Gasteiger charge is 2.41. The number of aryl methyl sites for hydroxylation is 2. The highest BCUT2D eigenvalue weighted by atomic mass is 32.2. The van der Waals surface area contributed by atoms with E-state index in [1.165, 1.54) is 15.4 Å². The lowest BCUT2D eigenvalue weighted by atomic mass is 9.63. The number of sulfonamides is 1. The van der Waals surface area contributed by atoms with Crippen molar-refractivity contribution in [1.29, 1.82) is 0 Å². The van der Waals surface area contributed by atoms with Crippen LogP contribution in [0, 0.1) is 6.92 Å². The van der Waals surface area contributed by atoms with Gasteiger partial charge < -0.3 is 9.30 Å². The molecule has 0 N–H and O–H groups in total. The Kier molecular flexibility index (Phi) is 6.72. The van der Waals surface area contributed by atoms with Crippen LogP contribution in [0.3, 0.4) is 0 Å². The number of aromatic nitrogens is 1. The lowest BCUT2D eigenvalue weighted by Crippen LogP contribution is -2.31. The van der Waals surface area contributed by atoms with E-state index >= 15 is 0 Å². The van der Waals surface area contributed by atoms with E-state index < -0.39 is 10.0 Å². The highest BCUT2D eigenvalue weighted by Crippen LogP contribution is 2.55. The van der Waals surface area contributed by atoms with Crippen molar-refractivity contribution in [3.8, 4) is 5.75 Å². The van der Waals surface area contributed by atoms with Crippen LogP contribution in [0.5, 0.6) is 5.75 Å². The van der Waals surface area contributed by atoms with Crippen molar-refractivity contribution in [1.82, 2.24) is 4.57 Å². The SMILES string of the molecule is COc1ccc2c(c1)c([C@H]1/C(=C\N(c3ccccc3)S(=O)(=O)c3ccc(C)cc3)C[C@@H]1c1ccccc1)cn2C. The van der Waals surface area contributed by atoms with Crippen LogP contribution in [0.1, 0.15) is 34.9 Å². The van der Waals surface area contributed by atoms with E-state index in [0.29, 0.717) is 5.69 Å². The van der Waals surface area contributed by atoms with Gasteiger partial charge in [-0.05, 0) is 78.4 Å². The molecule has 6 rings (SSSR count). The first-order chi connectivity index (χ1) is 19.4. The minimum Gasteiger partial charge on any atom is -0.497 e. The van der Waals surface area contributed by atoms with Gasteiger partial charge >= 0.3 is 0 Å². The minimum absolute atomic E-state index is 0.0117. The summed E-state index contributed by atoms with van der Waals surface area (Å²) in [5.41, 5.74) is 6.22. The van der Waals surface area contributed by atoms with Crippen molar-refractivity contribution in [2.24, 2.45) is 7.05 Å². The van der Waals surface area contributed by atoms with Crippen LogP contribution in [0.2, 0.25) is 0 Å². The summed E-state index contributed by atoms with van der Waals surface area (Å²) < 4.78 is 37.3. The molecule has 2 atom stereocenters. The van der Waals surface area contributed by atoms with E-state index in [2.05, 4.69) is 54.2 Å². The van der Waals surface area contributed by atoms with Crippen molar-refractivity contribution in [2.45, 2.75) is 30.1 Å². The van der Waals surface area contributed by atoms with Gasteiger partial charge in [-0.2, -0.15) is 0 Å². The monoisotopic (exact) mass is 548 g/mol. The molecule has 202 valence electrons. The lowest BCUT2D eigenvalue weighted by Gasteiger charge is -2.41. The molecule has 1 saturated carbocycles. The second kappa shape index (κ2) is 10.4. The van der Waals surface area contributed by atoms with Crippen LogP contribution in [-0.4, -0.2) is 20.1 Å². The summed E-state index contributed by atoms with van der Waals surface area (Å²) in [5.74, 6) is 1.04. The molecule has 1 aromatic heterocycles. The molecule has 1 aliphatic rings. The highest BCUT2D eigenvalue weighted by molar-refractivity contribution is 7.93. The van der Waals surface area contributed by atoms with Gasteiger partial charge in [0.25, 0.3) is 10.0 Å². The maximum Gasteiger partial charge on any atom is 0.268 e. The molecule has 1 fully saturated rings. The van der Waals surface area contributed by atoms with E-state index in [4.69, 9.17) is 4.74 Å². The Hall–Kier alpha value is -4.29. The Morgan fingerprint density at radius 2 is 1.57 bits per heavy atom. The maximum absolute atomic E-state index is 14.1. The van der Waals surface area contributed by atoms with Gasteiger partial charge in [0.05, 0.1) is 17.7 Å². The van der Waals surface area contributed by atoms with Gasteiger partial charge in [-0.25, -0.2) is 12.7 Å². The average Bonchev–Trinajstić information content (AvgIpc) is 3.28. The second-order valence-electron chi connectivity index (χ2n) is 10.4. The summed E-state index contributed by atoms with van der Waals surface area (Å²) in [7, 11) is -0.115. The molecule has 0 amide bonds. The fourth-order valence-electron chi connectivity index (χ4n) is 5.77. The Morgan fingerprint density at radius 1 is 0.900 bits per heavy atom. The van der Waals surface area contributed by atoms with Crippen molar-refractivity contribution in [3.05, 3.63) is 138 Å². The number of hydrogen-bond donors (Lipinski definition) is 0. The van der Waals surface area contributed by atoms with E-state index in [0.717, 1.165) is 34.2 Å². The normalized spacial score (nSPS) is 18.0. The summed E-state index contributed by atoms with van der Waals surface area (Å²) >= 11 is 0. The minimum atomic E-state index is -3.85. The van der Waals surface area contributed by atoms with Gasteiger partial charge in [0.15, 0.2) is 0 Å². The van der Waals surface area contributed by atoms with Gasteiger partial charge in [-0.15, -0.1) is 0 Å². The van der Waals surface area contributed by atoms with Crippen molar-refractivity contribution < 1.29 is 13.2 Å². The zero-order valence-electron chi connectivity index (χ0n) is 22.9. The fourth-order valence-corrected chi connectivity index (χ4v) is 7.15. The second-order valence-corrected chi connectivity index (χ2v) is 12.2. The van der Waals surface area contributed by atoms with Gasteiger partial charge in [0.1, 0.15) is 5.75 Å². The maximum atomic E-state index is 14.1. The van der Waals surface area contributed by atoms with Crippen LogP contribution in [0.15, 0.2) is 126 Å². The van der Waals surface area contributed by atoms with E-state index in [9.17, 15) is 8.42 Å². The molecule has 0 aliphatic heterocycles. The Bertz CT molecular complexity index is 1790. The summed E-state index contributed by atoms with van der Waals surface area (Å²) in [6, 6.07) is 33.0. The number of benzene rings is 4. The third-order valence-corrected chi connectivity index (χ3v) is 9.62. The zero-order chi connectivity index (χ0) is 27.9. The quantitative estimate of drug-likeness (QED) is 0.211. The average molecular weight is 549 g/mol. The Morgan fingerprint density at radius 3 is 2.25 bits per heavy atom. The fraction of sp³-hybridized carbons (Fsp3) is 0.176. The molecular formula is C34H32N2O3S. The van der Waals surface area contributed by atoms with Crippen LogP contribution in [0.4, 0.5) is 5.69 Å². The Balaban J connectivity index is 1.52. The zero-order valence-corrected chi connectivity index (χ0v) is 23.7. The summed E-state index contributed by atoms with van der Waals surface area (Å²) in [5, 5.41) is 1.12. The number of fused-ring (bicyclic) bond motifs is 1. The van der Waals surface area contributed by atoms with Crippen LogP contribution in [0.25, 0.3) is 10.9 Å². The molecule has 0 radical (unpaired) electrons. The molecule has 0 bridgehead atoms. The summed E-state index contributed by atoms with van der Waals surface area (Å²) in [6.07, 6.45) is 4.80. The van der Waals surface area contributed by atoms with E-state index in [1.54, 1.807) is 19.2 Å². The molecule has 5 aromatic rings. The molecule has 0 saturated heterocycles. The summed E-state index contributed by atoms with van der Waals surface area (Å²) in [4.78, 5) is 0.268. The standard InChI is InChI=1S/C34H32N2O3S/c1-24-14-17-29(18-15-24)40(37,38)36(27-12-8-5-9-13-27)22-26-20-30(25-10-6-4-7-11-25)34(26)32-23-35(2)33-19-16-28(39-3)21-31(32)33/h4-19,21-23,30,34H,20H2,1-3H3/b26-22-/t30-,34+/m1/s1. The van der Waals surface area contributed by atoms with Crippen molar-refractivity contribution in [3.63, 3.8) is 0 Å². The first-order valence-corrected chi connectivity index (χ1v) is 14.9. The smallest absolute Gasteiger partial charge is 0.268 e. The van der Waals surface area contributed by atoms with Crippen molar-refractivity contribution >= 4 is 26.6 Å². The third kappa shape index (κ3) is 4.58. The molecule has 40 heavy (non-hydrogen) atoms. The van der Waals surface area contributed by atoms with E-state index in [-0.39, 0.29) is 16.7 Å². The summed E-state index contributed by atoms with van der Waals surface area (Å²) in [6.45, 7) is 1.95. The Labute approximate surface area is 236 Å². The molecular weight excluding hydrogens is 516 g/mol. The van der Waals surface area contributed by atoms with Gasteiger partial charge in [0.2, 0.25) is 0 Å². The third-order valence-electron chi connectivity index (χ3n) is 7.92. The first-order valence-electron chi connectivity index (χ1n) is 13.4. The molecule has 1 aliphatic carbocycles. The molecule has 4 aromatic carbocycles. The lowest BCUT2D eigenvalue weighted by molar-refractivity contribution is 0.415. The molecule has 6 heteroatoms. The number of allylic oxidation sites excluding steroid dienone is 1. The predicted octanol–water partition coefficient (Wildman–Crippen LogP) is 7.55. The molecule has 1 heterocycles. The van der Waals surface area contributed by atoms with Gasteiger partial charge in [0, 0.05) is 36.3 Å². The number of anilines is 1. The number of methoxy groups -OCH3 is 1. The van der Waals surface area contributed by atoms with Gasteiger partial charge in [-0.1, -0.05) is 66.2 Å². The number of ether oxygens (including phenoxy) is 1. The molecule has 0 unspecified atom stereocenters. The van der Waals surface area contributed by atoms with Crippen LogP contribution in [-0.2, 0) is 17.1 Å². The van der Waals surface area contributed by atoms with Gasteiger partial charge in [-0.3, -0.25) is 0 Å². The number of para-hydroxylation sites is 1. The topological polar surface area (TPSA) is 51.5 Å². The number of hydrogen-bond acceptors (Lipinski definition) is 3. The molecule has 5 nitrogen and oxygen atoms in total. The van der Waals surface area contributed by atoms with Crippen molar-refractivity contribution in [2.75, 3.05) is 11.4 Å².